The number of unbranched alkanes of at least 4 members (excludes halogenated alkanes) is 1. The Morgan fingerprint density at radius 3 is 2.58 bits per heavy atom. The van der Waals surface area contributed by atoms with Gasteiger partial charge in [0.15, 0.2) is 0 Å². The monoisotopic (exact) mass is 270 g/mol. The maximum Gasteiger partial charge on any atom is 0.239 e. The highest BCUT2D eigenvalue weighted by atomic mass is 16.2. The smallest absolute Gasteiger partial charge is 0.239 e. The molecule has 0 aromatic rings. The zero-order valence-electron chi connectivity index (χ0n) is 12.8. The maximum absolute atomic E-state index is 12.0. The molecule has 0 spiro atoms. The molecule has 1 atom stereocenters. The van der Waals surface area contributed by atoms with E-state index < -0.39 is 0 Å². The second-order valence-corrected chi connectivity index (χ2v) is 5.64. The van der Waals surface area contributed by atoms with E-state index in [0.29, 0.717) is 0 Å². The molecule has 112 valence electrons. The van der Waals surface area contributed by atoms with Crippen LogP contribution in [-0.2, 0) is 4.79 Å². The number of nitrogens with zero attached hydrogens (tertiary/aromatic N) is 3. The number of likely N-dealkylation sites (N-methyl/N-ethyl adjacent to an activating group) is 1. The van der Waals surface area contributed by atoms with Crippen LogP contribution < -0.4 is 5.73 Å². The third-order valence-corrected chi connectivity index (χ3v) is 3.90. The highest BCUT2D eigenvalue weighted by Crippen LogP contribution is 2.09. The summed E-state index contributed by atoms with van der Waals surface area (Å²) in [6, 6.07) is -0.000934. The third-order valence-electron chi connectivity index (χ3n) is 3.90. The Bertz CT molecular complexity index is 270. The van der Waals surface area contributed by atoms with Crippen molar-refractivity contribution in [2.45, 2.75) is 32.2 Å². The number of rotatable bonds is 6. The number of nitrogens with two attached hydrogens (primary N) is 1. The molecular formula is C14H30N4O. The van der Waals surface area contributed by atoms with Crippen LogP contribution in [-0.4, -0.2) is 80.0 Å². The van der Waals surface area contributed by atoms with Gasteiger partial charge in [-0.2, -0.15) is 0 Å². The van der Waals surface area contributed by atoms with Gasteiger partial charge in [0.2, 0.25) is 5.91 Å². The molecule has 1 heterocycles. The van der Waals surface area contributed by atoms with E-state index in [1.807, 2.05) is 21.0 Å². The van der Waals surface area contributed by atoms with E-state index in [1.165, 1.54) is 6.42 Å². The first kappa shape index (κ1) is 16.4. The Labute approximate surface area is 117 Å². The summed E-state index contributed by atoms with van der Waals surface area (Å²) in [6.45, 7) is 8.17. The molecular weight excluding hydrogens is 240 g/mol. The lowest BCUT2D eigenvalue weighted by molar-refractivity contribution is -0.133. The van der Waals surface area contributed by atoms with Crippen LogP contribution in [0.4, 0.5) is 0 Å². The lowest BCUT2D eigenvalue weighted by Crippen LogP contribution is -2.46. The largest absolute Gasteiger partial charge is 0.347 e. The van der Waals surface area contributed by atoms with Gasteiger partial charge in [0.25, 0.3) is 0 Å². The Hall–Kier alpha value is -0.650. The van der Waals surface area contributed by atoms with E-state index in [2.05, 4.69) is 9.80 Å². The van der Waals surface area contributed by atoms with Crippen molar-refractivity contribution < 1.29 is 4.79 Å². The Balaban J connectivity index is 2.38. The zero-order valence-corrected chi connectivity index (χ0v) is 12.8. The van der Waals surface area contributed by atoms with Crippen LogP contribution in [0, 0.1) is 0 Å². The molecule has 19 heavy (non-hydrogen) atoms. The number of hydrogen-bond donors (Lipinski definition) is 1. The molecule has 0 aromatic carbocycles. The minimum atomic E-state index is -0.000934. The van der Waals surface area contributed by atoms with Crippen LogP contribution in [0.2, 0.25) is 0 Å². The molecule has 0 saturated carbocycles. The van der Waals surface area contributed by atoms with E-state index >= 15 is 0 Å². The van der Waals surface area contributed by atoms with E-state index in [4.69, 9.17) is 5.73 Å². The van der Waals surface area contributed by atoms with Gasteiger partial charge in [0.05, 0.1) is 6.04 Å². The van der Waals surface area contributed by atoms with Crippen molar-refractivity contribution in [1.29, 1.82) is 0 Å². The average molecular weight is 270 g/mol. The van der Waals surface area contributed by atoms with E-state index in [0.717, 1.165) is 52.1 Å². The molecule has 2 N–H and O–H groups in total. The van der Waals surface area contributed by atoms with E-state index in [-0.39, 0.29) is 11.9 Å². The van der Waals surface area contributed by atoms with Crippen LogP contribution in [0.3, 0.4) is 0 Å². The first-order valence-corrected chi connectivity index (χ1v) is 7.44. The normalized spacial score (nSPS) is 20.0. The van der Waals surface area contributed by atoms with Crippen molar-refractivity contribution in [3.05, 3.63) is 0 Å². The van der Waals surface area contributed by atoms with Crippen molar-refractivity contribution in [2.75, 3.05) is 53.4 Å². The zero-order chi connectivity index (χ0) is 14.3. The highest BCUT2D eigenvalue weighted by Gasteiger charge is 2.24. The lowest BCUT2D eigenvalue weighted by atomic mass is 10.2. The predicted molar refractivity (Wildman–Crippen MR) is 79.1 cm³/mol. The van der Waals surface area contributed by atoms with Gasteiger partial charge in [-0.15, -0.1) is 0 Å². The van der Waals surface area contributed by atoms with Gasteiger partial charge < -0.3 is 15.5 Å². The van der Waals surface area contributed by atoms with Crippen molar-refractivity contribution in [1.82, 2.24) is 14.7 Å². The molecule has 0 radical (unpaired) electrons. The molecule has 5 nitrogen and oxygen atoms in total. The molecule has 1 aliphatic rings. The van der Waals surface area contributed by atoms with Gasteiger partial charge >= 0.3 is 0 Å². The van der Waals surface area contributed by atoms with Gasteiger partial charge in [-0.25, -0.2) is 0 Å². The fraction of sp³-hybridized carbons (Fsp3) is 0.929. The first-order chi connectivity index (χ1) is 9.06. The fourth-order valence-corrected chi connectivity index (χ4v) is 2.61. The highest BCUT2D eigenvalue weighted by molar-refractivity contribution is 5.80. The third kappa shape index (κ3) is 5.47. The quantitative estimate of drug-likeness (QED) is 0.701. The standard InChI is InChI=1S/C14H30N4O/c1-13(14(19)16(2)3)18-10-6-9-17(11-12-18)8-5-4-7-15/h13H,4-12,15H2,1-3H3. The van der Waals surface area contributed by atoms with Gasteiger partial charge in [0.1, 0.15) is 0 Å². The molecule has 1 saturated heterocycles. The molecule has 1 amide bonds. The summed E-state index contributed by atoms with van der Waals surface area (Å²) < 4.78 is 0. The Morgan fingerprint density at radius 1 is 1.21 bits per heavy atom. The minimum Gasteiger partial charge on any atom is -0.347 e. The van der Waals surface area contributed by atoms with Crippen molar-refractivity contribution in [3.63, 3.8) is 0 Å². The molecule has 0 bridgehead atoms. The topological polar surface area (TPSA) is 52.8 Å². The summed E-state index contributed by atoms with van der Waals surface area (Å²) in [5.41, 5.74) is 5.53. The SMILES string of the molecule is CC(C(=O)N(C)C)N1CCCN(CCCCN)CC1. The summed E-state index contributed by atoms with van der Waals surface area (Å²) in [5, 5.41) is 0. The van der Waals surface area contributed by atoms with Gasteiger partial charge in [-0.3, -0.25) is 9.69 Å². The number of amides is 1. The van der Waals surface area contributed by atoms with Crippen LogP contribution in [0.1, 0.15) is 26.2 Å². The second kappa shape index (κ2) is 8.51. The summed E-state index contributed by atoms with van der Waals surface area (Å²) in [4.78, 5) is 18.5. The molecule has 1 fully saturated rings. The summed E-state index contributed by atoms with van der Waals surface area (Å²) in [6.07, 6.45) is 3.44. The lowest BCUT2D eigenvalue weighted by Gasteiger charge is -2.28. The molecule has 5 heteroatoms. The fourth-order valence-electron chi connectivity index (χ4n) is 2.61. The molecule has 0 aromatic heterocycles. The van der Waals surface area contributed by atoms with Crippen LogP contribution in [0.25, 0.3) is 0 Å². The van der Waals surface area contributed by atoms with Crippen molar-refractivity contribution in [3.8, 4) is 0 Å². The molecule has 1 aliphatic heterocycles. The predicted octanol–water partition coefficient (Wildman–Crippen LogP) is 0.210. The minimum absolute atomic E-state index is 0.000934. The second-order valence-electron chi connectivity index (χ2n) is 5.64. The summed E-state index contributed by atoms with van der Waals surface area (Å²) >= 11 is 0. The Kier molecular flexibility index (Phi) is 7.34. The summed E-state index contributed by atoms with van der Waals surface area (Å²) in [5.74, 6) is 0.205. The van der Waals surface area contributed by atoms with Crippen LogP contribution in [0.5, 0.6) is 0 Å². The van der Waals surface area contributed by atoms with Crippen molar-refractivity contribution >= 4 is 5.91 Å². The summed E-state index contributed by atoms with van der Waals surface area (Å²) in [7, 11) is 3.66. The van der Waals surface area contributed by atoms with Crippen LogP contribution >= 0.6 is 0 Å². The molecule has 0 aliphatic carbocycles. The number of carbonyl (C=O) groups is 1. The first-order valence-electron chi connectivity index (χ1n) is 7.44. The van der Waals surface area contributed by atoms with Crippen LogP contribution in [0.15, 0.2) is 0 Å². The average Bonchev–Trinajstić information content (AvgIpc) is 2.63. The van der Waals surface area contributed by atoms with Gasteiger partial charge in [-0.1, -0.05) is 0 Å². The molecule has 1 rings (SSSR count). The number of hydrogen-bond acceptors (Lipinski definition) is 4. The van der Waals surface area contributed by atoms with Gasteiger partial charge in [-0.05, 0) is 45.8 Å². The van der Waals surface area contributed by atoms with Gasteiger partial charge in [0, 0.05) is 33.7 Å². The van der Waals surface area contributed by atoms with E-state index in [9.17, 15) is 4.79 Å². The van der Waals surface area contributed by atoms with E-state index in [1.54, 1.807) is 4.90 Å². The molecule has 1 unspecified atom stereocenters. The Morgan fingerprint density at radius 2 is 1.95 bits per heavy atom. The number of carbonyl (C=O) groups excluding carboxylic acids is 1. The maximum atomic E-state index is 12.0. The van der Waals surface area contributed by atoms with Crippen molar-refractivity contribution in [2.24, 2.45) is 5.73 Å².